The average molecular weight is 303 g/mol. The van der Waals surface area contributed by atoms with Crippen LogP contribution in [0.3, 0.4) is 0 Å². The van der Waals surface area contributed by atoms with Crippen molar-refractivity contribution in [3.63, 3.8) is 0 Å². The highest BCUT2D eigenvalue weighted by Gasteiger charge is 2.27. The van der Waals surface area contributed by atoms with Crippen molar-refractivity contribution < 1.29 is 4.74 Å². The molecule has 0 radical (unpaired) electrons. The molecule has 0 spiro atoms. The maximum Gasteiger partial charge on any atom is 0.160 e. The summed E-state index contributed by atoms with van der Waals surface area (Å²) in [6.45, 7) is 1.71. The third kappa shape index (κ3) is 2.57. The summed E-state index contributed by atoms with van der Waals surface area (Å²) < 4.78 is 8.14. The lowest BCUT2D eigenvalue weighted by Crippen LogP contribution is -2.23. The van der Waals surface area contributed by atoms with E-state index >= 15 is 0 Å². The standard InChI is InChI=1S/C16H21N3OS/c1-4-14-16(17-7-1)19(13-5-9-21-10-6-13)15(18-14)12-3-2-8-20-11-12/h1,4,7,12-13H,2-3,5-6,8-11H2. The predicted octanol–water partition coefficient (Wildman–Crippen LogP) is 3.39. The third-order valence-corrected chi connectivity index (χ3v) is 5.61. The van der Waals surface area contributed by atoms with Crippen LogP contribution in [0.25, 0.3) is 11.2 Å². The Labute approximate surface area is 129 Å². The topological polar surface area (TPSA) is 39.9 Å². The molecule has 2 aliphatic rings. The highest BCUT2D eigenvalue weighted by Crippen LogP contribution is 2.35. The van der Waals surface area contributed by atoms with Crippen LogP contribution in [0.2, 0.25) is 0 Å². The van der Waals surface area contributed by atoms with E-state index in [9.17, 15) is 0 Å². The number of rotatable bonds is 2. The van der Waals surface area contributed by atoms with Gasteiger partial charge in [-0.1, -0.05) is 0 Å². The summed E-state index contributed by atoms with van der Waals surface area (Å²) in [5.74, 6) is 4.14. The second-order valence-electron chi connectivity index (χ2n) is 5.94. The van der Waals surface area contributed by atoms with E-state index in [0.717, 1.165) is 30.8 Å². The zero-order valence-corrected chi connectivity index (χ0v) is 13.0. The summed E-state index contributed by atoms with van der Waals surface area (Å²) in [6.07, 6.45) is 6.67. The number of thioether (sulfide) groups is 1. The molecule has 1 unspecified atom stereocenters. The van der Waals surface area contributed by atoms with E-state index in [4.69, 9.17) is 9.72 Å². The van der Waals surface area contributed by atoms with E-state index in [1.54, 1.807) is 0 Å². The molecule has 0 aliphatic carbocycles. The van der Waals surface area contributed by atoms with Gasteiger partial charge in [0.25, 0.3) is 0 Å². The van der Waals surface area contributed by atoms with Gasteiger partial charge in [-0.3, -0.25) is 0 Å². The number of ether oxygens (including phenoxy) is 1. The summed E-state index contributed by atoms with van der Waals surface area (Å²) in [5.41, 5.74) is 2.10. The summed E-state index contributed by atoms with van der Waals surface area (Å²) in [6, 6.07) is 4.63. The number of hydrogen-bond donors (Lipinski definition) is 0. The maximum absolute atomic E-state index is 5.70. The van der Waals surface area contributed by atoms with Gasteiger partial charge >= 0.3 is 0 Å². The Balaban J connectivity index is 1.79. The molecule has 112 valence electrons. The van der Waals surface area contributed by atoms with E-state index in [-0.39, 0.29) is 0 Å². The molecule has 4 heterocycles. The fraction of sp³-hybridized carbons (Fsp3) is 0.625. The molecule has 0 bridgehead atoms. The second-order valence-corrected chi connectivity index (χ2v) is 7.17. The van der Waals surface area contributed by atoms with Crippen molar-refractivity contribution in [2.75, 3.05) is 24.7 Å². The van der Waals surface area contributed by atoms with Crippen LogP contribution in [0.5, 0.6) is 0 Å². The van der Waals surface area contributed by atoms with E-state index in [1.807, 2.05) is 12.3 Å². The zero-order valence-electron chi connectivity index (χ0n) is 12.2. The molecule has 4 rings (SSSR count). The van der Waals surface area contributed by atoms with Crippen molar-refractivity contribution in [1.29, 1.82) is 0 Å². The zero-order chi connectivity index (χ0) is 14.1. The molecule has 2 aromatic rings. The van der Waals surface area contributed by atoms with Gasteiger partial charge in [0.15, 0.2) is 5.65 Å². The quantitative estimate of drug-likeness (QED) is 0.852. The van der Waals surface area contributed by atoms with Gasteiger partial charge in [0, 0.05) is 24.8 Å². The number of pyridine rings is 1. The molecule has 21 heavy (non-hydrogen) atoms. The Bertz CT molecular complexity index is 615. The molecule has 2 fully saturated rings. The summed E-state index contributed by atoms with van der Waals surface area (Å²) in [7, 11) is 0. The first kappa shape index (κ1) is 13.6. The van der Waals surface area contributed by atoms with Crippen LogP contribution in [0.15, 0.2) is 18.3 Å². The number of aromatic nitrogens is 3. The Morgan fingerprint density at radius 1 is 1.24 bits per heavy atom. The van der Waals surface area contributed by atoms with Crippen LogP contribution in [0.4, 0.5) is 0 Å². The van der Waals surface area contributed by atoms with E-state index in [1.165, 1.54) is 36.6 Å². The van der Waals surface area contributed by atoms with Crippen LogP contribution in [-0.2, 0) is 4.74 Å². The van der Waals surface area contributed by atoms with E-state index < -0.39 is 0 Å². The highest BCUT2D eigenvalue weighted by molar-refractivity contribution is 7.99. The van der Waals surface area contributed by atoms with Crippen molar-refractivity contribution in [3.8, 4) is 0 Å². The minimum absolute atomic E-state index is 0.433. The number of imidazole rings is 1. The fourth-order valence-corrected chi connectivity index (χ4v) is 4.56. The van der Waals surface area contributed by atoms with Crippen LogP contribution < -0.4 is 0 Å². The van der Waals surface area contributed by atoms with E-state index in [0.29, 0.717) is 12.0 Å². The first-order valence-electron chi connectivity index (χ1n) is 7.92. The smallest absolute Gasteiger partial charge is 0.160 e. The maximum atomic E-state index is 5.70. The van der Waals surface area contributed by atoms with Gasteiger partial charge in [-0.05, 0) is 49.3 Å². The van der Waals surface area contributed by atoms with Gasteiger partial charge in [-0.15, -0.1) is 0 Å². The molecular formula is C16H21N3OS. The third-order valence-electron chi connectivity index (χ3n) is 4.56. The van der Waals surface area contributed by atoms with Crippen LogP contribution >= 0.6 is 11.8 Å². The minimum atomic E-state index is 0.433. The summed E-state index contributed by atoms with van der Waals surface area (Å²) >= 11 is 2.06. The van der Waals surface area contributed by atoms with Crippen molar-refractivity contribution in [2.24, 2.45) is 0 Å². The van der Waals surface area contributed by atoms with Crippen LogP contribution in [0, 0.1) is 0 Å². The average Bonchev–Trinajstić information content (AvgIpc) is 2.96. The van der Waals surface area contributed by atoms with Gasteiger partial charge in [-0.2, -0.15) is 11.8 Å². The largest absolute Gasteiger partial charge is 0.381 e. The molecule has 0 amide bonds. The fourth-order valence-electron chi connectivity index (χ4n) is 3.48. The van der Waals surface area contributed by atoms with Gasteiger partial charge in [0.05, 0.1) is 6.61 Å². The van der Waals surface area contributed by atoms with Gasteiger partial charge in [0.1, 0.15) is 11.3 Å². The molecule has 2 aliphatic heterocycles. The van der Waals surface area contributed by atoms with Gasteiger partial charge in [0.2, 0.25) is 0 Å². The van der Waals surface area contributed by atoms with Crippen molar-refractivity contribution >= 4 is 22.9 Å². The first-order chi connectivity index (χ1) is 10.4. The second kappa shape index (κ2) is 5.97. The minimum Gasteiger partial charge on any atom is -0.381 e. The lowest BCUT2D eigenvalue weighted by Gasteiger charge is -2.28. The van der Waals surface area contributed by atoms with Crippen LogP contribution in [0.1, 0.15) is 43.5 Å². The normalized spacial score (nSPS) is 24.5. The number of fused-ring (bicyclic) bond motifs is 1. The number of hydrogen-bond acceptors (Lipinski definition) is 4. The molecule has 0 saturated carbocycles. The molecule has 0 N–H and O–H groups in total. The molecule has 5 heteroatoms. The van der Waals surface area contributed by atoms with Crippen LogP contribution in [-0.4, -0.2) is 39.3 Å². The monoisotopic (exact) mass is 303 g/mol. The van der Waals surface area contributed by atoms with Crippen molar-refractivity contribution in [3.05, 3.63) is 24.2 Å². The SMILES string of the molecule is c1cnc2c(c1)nc(C1CCCOC1)n2C1CCSCC1. The molecule has 1 atom stereocenters. The molecular weight excluding hydrogens is 282 g/mol. The molecule has 2 aromatic heterocycles. The van der Waals surface area contributed by atoms with Crippen molar-refractivity contribution in [1.82, 2.24) is 14.5 Å². The highest BCUT2D eigenvalue weighted by atomic mass is 32.2. The van der Waals surface area contributed by atoms with Gasteiger partial charge < -0.3 is 9.30 Å². The van der Waals surface area contributed by atoms with E-state index in [2.05, 4.69) is 27.4 Å². The Morgan fingerprint density at radius 3 is 2.95 bits per heavy atom. The van der Waals surface area contributed by atoms with Gasteiger partial charge in [-0.25, -0.2) is 9.97 Å². The Hall–Kier alpha value is -1.07. The Kier molecular flexibility index (Phi) is 3.86. The number of nitrogens with zero attached hydrogens (tertiary/aromatic N) is 3. The first-order valence-corrected chi connectivity index (χ1v) is 9.07. The Morgan fingerprint density at radius 2 is 2.14 bits per heavy atom. The lowest BCUT2D eigenvalue weighted by atomic mass is 10.0. The van der Waals surface area contributed by atoms with Crippen molar-refractivity contribution in [2.45, 2.75) is 37.6 Å². The summed E-state index contributed by atoms with van der Waals surface area (Å²) in [5, 5.41) is 0. The summed E-state index contributed by atoms with van der Waals surface area (Å²) in [4.78, 5) is 9.55. The molecule has 2 saturated heterocycles. The molecule has 4 nitrogen and oxygen atoms in total. The predicted molar refractivity (Wildman–Crippen MR) is 85.9 cm³/mol. The lowest BCUT2D eigenvalue weighted by molar-refractivity contribution is 0.0766. The molecule has 0 aromatic carbocycles.